The molecule has 6 nitrogen and oxygen atoms in total. The number of likely N-dealkylation sites (tertiary alicyclic amines) is 1. The van der Waals surface area contributed by atoms with Gasteiger partial charge < -0.3 is 16.0 Å². The van der Waals surface area contributed by atoms with Crippen LogP contribution >= 0.6 is 22.9 Å². The Morgan fingerprint density at radius 1 is 1.20 bits per heavy atom. The summed E-state index contributed by atoms with van der Waals surface area (Å²) in [6.07, 6.45) is 4.76. The van der Waals surface area contributed by atoms with E-state index in [2.05, 4.69) is 5.32 Å². The van der Waals surface area contributed by atoms with Gasteiger partial charge >= 0.3 is 0 Å². The Morgan fingerprint density at radius 3 is 2.67 bits per heavy atom. The van der Waals surface area contributed by atoms with Crippen LogP contribution in [0.25, 0.3) is 0 Å². The van der Waals surface area contributed by atoms with Crippen LogP contribution in [0.2, 0.25) is 5.02 Å². The third kappa shape index (κ3) is 3.84. The number of halogens is 1. The zero-order valence-electron chi connectivity index (χ0n) is 16.7. The Hall–Kier alpha value is -2.38. The number of carbonyl (C=O) groups is 3. The van der Waals surface area contributed by atoms with Gasteiger partial charge in [-0.15, -0.1) is 11.3 Å². The van der Waals surface area contributed by atoms with Crippen molar-refractivity contribution in [3.63, 3.8) is 0 Å². The molecule has 0 radical (unpaired) electrons. The highest BCUT2D eigenvalue weighted by Crippen LogP contribution is 2.41. The van der Waals surface area contributed by atoms with Gasteiger partial charge in [-0.25, -0.2) is 0 Å². The van der Waals surface area contributed by atoms with Crippen LogP contribution < -0.4 is 11.1 Å². The topological polar surface area (TPSA) is 92.5 Å². The minimum atomic E-state index is -0.562. The normalized spacial score (nSPS) is 23.1. The molecule has 2 aromatic rings. The first-order valence-electron chi connectivity index (χ1n) is 10.1. The Labute approximate surface area is 184 Å². The molecule has 2 aliphatic rings. The van der Waals surface area contributed by atoms with Crippen molar-refractivity contribution in [1.82, 2.24) is 4.90 Å². The lowest BCUT2D eigenvalue weighted by Crippen LogP contribution is -2.48. The molecule has 0 spiro atoms. The summed E-state index contributed by atoms with van der Waals surface area (Å²) in [6.45, 7) is 1.84. The number of nitrogens with one attached hydrogen (secondary N) is 1. The molecule has 2 heterocycles. The van der Waals surface area contributed by atoms with Crippen molar-refractivity contribution in [2.24, 2.45) is 11.7 Å². The van der Waals surface area contributed by atoms with E-state index in [0.717, 1.165) is 31.2 Å². The van der Waals surface area contributed by atoms with Crippen LogP contribution in [0.5, 0.6) is 0 Å². The average molecular weight is 446 g/mol. The fraction of sp³-hybridized carbons (Fsp3) is 0.409. The van der Waals surface area contributed by atoms with E-state index in [4.69, 9.17) is 17.3 Å². The minimum absolute atomic E-state index is 0.0615. The summed E-state index contributed by atoms with van der Waals surface area (Å²) in [4.78, 5) is 40.3. The molecule has 4 rings (SSSR count). The molecule has 3 amide bonds. The molecule has 1 saturated carbocycles. The number of nitrogens with zero attached hydrogens (tertiary/aromatic N) is 1. The summed E-state index contributed by atoms with van der Waals surface area (Å²) in [6, 6.07) is 8.08. The Kier molecular flexibility index (Phi) is 5.84. The van der Waals surface area contributed by atoms with Crippen molar-refractivity contribution in [2.75, 3.05) is 5.32 Å². The quantitative estimate of drug-likeness (QED) is 0.737. The van der Waals surface area contributed by atoms with Crippen LogP contribution in [0, 0.1) is 12.8 Å². The predicted molar refractivity (Wildman–Crippen MR) is 118 cm³/mol. The predicted octanol–water partition coefficient (Wildman–Crippen LogP) is 4.22. The van der Waals surface area contributed by atoms with E-state index in [1.165, 1.54) is 11.3 Å². The number of hydrogen-bond donors (Lipinski definition) is 2. The van der Waals surface area contributed by atoms with E-state index in [1.54, 1.807) is 35.2 Å². The zero-order valence-corrected chi connectivity index (χ0v) is 18.3. The van der Waals surface area contributed by atoms with Gasteiger partial charge in [0.1, 0.15) is 6.04 Å². The van der Waals surface area contributed by atoms with E-state index in [0.29, 0.717) is 32.8 Å². The number of fused-ring (bicyclic) bond motifs is 1. The molecular formula is C22H24ClN3O3S. The summed E-state index contributed by atoms with van der Waals surface area (Å²) in [5.41, 5.74) is 6.78. The van der Waals surface area contributed by atoms with Gasteiger partial charge in [0, 0.05) is 6.04 Å². The summed E-state index contributed by atoms with van der Waals surface area (Å²) in [5.74, 6) is -0.614. The molecule has 1 aliphatic heterocycles. The third-order valence-corrected chi connectivity index (χ3v) is 7.59. The number of nitrogens with two attached hydrogens (primary N) is 1. The number of carbonyl (C=O) groups excluding carboxylic acids is 3. The number of aryl methyl sites for hydroxylation is 1. The van der Waals surface area contributed by atoms with Gasteiger partial charge in [-0.05, 0) is 55.9 Å². The molecule has 1 aromatic carbocycles. The highest BCUT2D eigenvalue weighted by Gasteiger charge is 2.47. The van der Waals surface area contributed by atoms with Crippen molar-refractivity contribution >= 4 is 45.7 Å². The van der Waals surface area contributed by atoms with Crippen LogP contribution in [-0.2, 0) is 4.79 Å². The first-order valence-corrected chi connectivity index (χ1v) is 11.3. The smallest absolute Gasteiger partial charge is 0.265 e. The molecule has 0 bridgehead atoms. The number of primary amides is 1. The molecule has 3 atom stereocenters. The summed E-state index contributed by atoms with van der Waals surface area (Å²) >= 11 is 7.33. The van der Waals surface area contributed by atoms with Gasteiger partial charge in [-0.1, -0.05) is 36.6 Å². The van der Waals surface area contributed by atoms with Gasteiger partial charge in [0.05, 0.1) is 20.5 Å². The second kappa shape index (κ2) is 8.40. The van der Waals surface area contributed by atoms with E-state index in [9.17, 15) is 14.4 Å². The Bertz CT molecular complexity index is 1010. The number of rotatable bonds is 4. The maximum absolute atomic E-state index is 13.5. The number of benzene rings is 1. The summed E-state index contributed by atoms with van der Waals surface area (Å²) in [5, 5.41) is 3.76. The molecule has 3 N–H and O–H groups in total. The number of hydrogen-bond acceptors (Lipinski definition) is 4. The van der Waals surface area contributed by atoms with Gasteiger partial charge in [0.2, 0.25) is 5.91 Å². The Balaban J connectivity index is 1.57. The fourth-order valence-corrected chi connectivity index (χ4v) is 5.94. The second-order valence-electron chi connectivity index (χ2n) is 8.03. The van der Waals surface area contributed by atoms with Crippen molar-refractivity contribution < 1.29 is 14.4 Å². The fourth-order valence-electron chi connectivity index (χ4n) is 4.70. The van der Waals surface area contributed by atoms with Crippen LogP contribution in [0.4, 0.5) is 5.00 Å². The van der Waals surface area contributed by atoms with Crippen molar-refractivity contribution in [2.45, 2.75) is 51.1 Å². The number of thiophene rings is 1. The molecule has 1 saturated heterocycles. The van der Waals surface area contributed by atoms with Crippen LogP contribution in [0.3, 0.4) is 0 Å². The highest BCUT2D eigenvalue weighted by molar-refractivity contribution is 7.18. The molecule has 0 unspecified atom stereocenters. The molecule has 158 valence electrons. The van der Waals surface area contributed by atoms with Gasteiger partial charge in [0.15, 0.2) is 0 Å². The molecule has 30 heavy (non-hydrogen) atoms. The monoisotopic (exact) mass is 445 g/mol. The van der Waals surface area contributed by atoms with Crippen LogP contribution in [0.15, 0.2) is 30.3 Å². The number of anilines is 1. The lowest BCUT2D eigenvalue weighted by Gasteiger charge is -2.33. The lowest BCUT2D eigenvalue weighted by atomic mass is 9.84. The molecule has 1 aliphatic carbocycles. The average Bonchev–Trinajstić information content (AvgIpc) is 3.28. The first-order chi connectivity index (χ1) is 14.4. The maximum atomic E-state index is 13.5. The number of amides is 3. The van der Waals surface area contributed by atoms with E-state index in [-0.39, 0.29) is 17.9 Å². The minimum Gasteiger partial charge on any atom is -0.368 e. The van der Waals surface area contributed by atoms with E-state index < -0.39 is 11.9 Å². The third-order valence-electron chi connectivity index (χ3n) is 6.12. The van der Waals surface area contributed by atoms with Crippen LogP contribution in [-0.4, -0.2) is 34.7 Å². The maximum Gasteiger partial charge on any atom is 0.265 e. The van der Waals surface area contributed by atoms with Gasteiger partial charge in [0.25, 0.3) is 11.8 Å². The van der Waals surface area contributed by atoms with E-state index in [1.807, 2.05) is 6.92 Å². The lowest BCUT2D eigenvalue weighted by molar-refractivity contribution is -0.122. The highest BCUT2D eigenvalue weighted by atomic mass is 35.5. The zero-order chi connectivity index (χ0) is 21.4. The van der Waals surface area contributed by atoms with Crippen molar-refractivity contribution in [1.29, 1.82) is 0 Å². The summed E-state index contributed by atoms with van der Waals surface area (Å²) in [7, 11) is 0. The standard InChI is InChI=1S/C22H24ClN3O3S/c1-12-10-18(25-21(28)14-7-3-4-8-15(14)23)30-19(12)22(29)26-16-9-5-2-6-13(16)11-17(26)20(24)27/h3-4,7-8,10,13,16-17H,2,5-6,9,11H2,1H3,(H2,24,27)(H,25,28)/t13-,16+,17-/m0/s1. The van der Waals surface area contributed by atoms with E-state index >= 15 is 0 Å². The van der Waals surface area contributed by atoms with Gasteiger partial charge in [-0.3, -0.25) is 14.4 Å². The van der Waals surface area contributed by atoms with Gasteiger partial charge in [-0.2, -0.15) is 0 Å². The molecular weight excluding hydrogens is 422 g/mol. The first kappa shape index (κ1) is 20.9. The largest absolute Gasteiger partial charge is 0.368 e. The van der Waals surface area contributed by atoms with Crippen molar-refractivity contribution in [3.05, 3.63) is 51.4 Å². The van der Waals surface area contributed by atoms with Crippen LogP contribution in [0.1, 0.15) is 57.7 Å². The molecule has 2 fully saturated rings. The van der Waals surface area contributed by atoms with Crippen molar-refractivity contribution in [3.8, 4) is 0 Å². The molecule has 1 aromatic heterocycles. The summed E-state index contributed by atoms with van der Waals surface area (Å²) < 4.78 is 0. The Morgan fingerprint density at radius 2 is 1.93 bits per heavy atom. The second-order valence-corrected chi connectivity index (χ2v) is 9.49. The SMILES string of the molecule is Cc1cc(NC(=O)c2ccccc2Cl)sc1C(=O)N1[C@@H]2CCCC[C@H]2C[C@H]1C(N)=O. The molecule has 8 heteroatoms.